The Hall–Kier alpha value is -3.59. The number of ether oxygens (including phenoxy) is 1. The van der Waals surface area contributed by atoms with Gasteiger partial charge in [0.25, 0.3) is 0 Å². The lowest BCUT2D eigenvalue weighted by atomic mass is 10.1. The molecule has 9 heteroatoms. The number of pyridine rings is 1. The molecule has 1 aliphatic rings. The van der Waals surface area contributed by atoms with Crippen molar-refractivity contribution in [3.8, 4) is 17.4 Å². The first-order valence-electron chi connectivity index (χ1n) is 11.7. The second-order valence-corrected chi connectivity index (χ2v) is 8.56. The maximum absolute atomic E-state index is 14.0. The van der Waals surface area contributed by atoms with E-state index in [9.17, 15) is 4.39 Å². The largest absolute Gasteiger partial charge is 0.464 e. The van der Waals surface area contributed by atoms with Crippen LogP contribution in [0.1, 0.15) is 37.3 Å². The first-order chi connectivity index (χ1) is 16.6. The molecule has 0 spiro atoms. The molecule has 2 N–H and O–H groups in total. The van der Waals surface area contributed by atoms with Crippen molar-refractivity contribution in [1.82, 2.24) is 29.4 Å². The third-order valence-corrected chi connectivity index (χ3v) is 6.06. The Morgan fingerprint density at radius 1 is 0.971 bits per heavy atom. The van der Waals surface area contributed by atoms with Gasteiger partial charge in [-0.15, -0.1) is 0 Å². The summed E-state index contributed by atoms with van der Waals surface area (Å²) < 4.78 is 21.4. The predicted molar refractivity (Wildman–Crippen MR) is 129 cm³/mol. The highest BCUT2D eigenvalue weighted by Gasteiger charge is 2.19. The molecule has 0 bridgehead atoms. The summed E-state index contributed by atoms with van der Waals surface area (Å²) in [6, 6.07) is 10.2. The van der Waals surface area contributed by atoms with Crippen molar-refractivity contribution in [2.45, 2.75) is 39.3 Å². The Labute approximate surface area is 197 Å². The lowest BCUT2D eigenvalue weighted by molar-refractivity contribution is 0.221. The normalized spacial score (nSPS) is 14.5. The molecule has 0 radical (unpaired) electrons. The number of nitrogens with zero attached hydrogens (tertiary/aromatic N) is 6. The second kappa shape index (κ2) is 9.72. The topological polar surface area (TPSA) is 95.0 Å². The van der Waals surface area contributed by atoms with E-state index in [-0.39, 0.29) is 11.8 Å². The average molecular weight is 462 g/mol. The fraction of sp³-hybridized carbons (Fsp3) is 0.360. The van der Waals surface area contributed by atoms with Gasteiger partial charge in [0.1, 0.15) is 11.6 Å². The molecule has 4 aromatic rings. The smallest absolute Gasteiger partial charge is 0.320 e. The fourth-order valence-corrected chi connectivity index (χ4v) is 4.41. The highest BCUT2D eigenvalue weighted by molar-refractivity contribution is 5.85. The van der Waals surface area contributed by atoms with Crippen LogP contribution in [0.4, 0.5) is 10.2 Å². The van der Waals surface area contributed by atoms with Gasteiger partial charge in [-0.05, 0) is 50.0 Å². The standard InChI is InChI=1S/C25H28FN7O/c1-2-34-25-30-22(27)21-24(31-25)33(23(29-21)19-12-20(26)14-28-13-19)16-18-8-6-17(7-9-18)15-32-10-4-3-5-11-32/h6-9,12-14H,2-5,10-11,15-16H2,1H3,(H2,27,30,31). The van der Waals surface area contributed by atoms with Gasteiger partial charge in [-0.2, -0.15) is 9.97 Å². The van der Waals surface area contributed by atoms with Crippen molar-refractivity contribution >= 4 is 17.0 Å². The van der Waals surface area contributed by atoms with Gasteiger partial charge in [0.15, 0.2) is 17.0 Å². The number of hydrogen-bond acceptors (Lipinski definition) is 7. The molecule has 0 atom stereocenters. The zero-order valence-electron chi connectivity index (χ0n) is 19.2. The number of halogens is 1. The average Bonchev–Trinajstić information content (AvgIpc) is 3.20. The van der Waals surface area contributed by atoms with E-state index in [1.165, 1.54) is 37.1 Å². The number of imidazole rings is 1. The summed E-state index contributed by atoms with van der Waals surface area (Å²) in [5.41, 5.74) is 10.1. The van der Waals surface area contributed by atoms with Crippen LogP contribution in [0.2, 0.25) is 0 Å². The van der Waals surface area contributed by atoms with Crippen LogP contribution < -0.4 is 10.5 Å². The number of aromatic nitrogens is 5. The molecule has 0 aliphatic carbocycles. The van der Waals surface area contributed by atoms with Crippen molar-refractivity contribution < 1.29 is 9.13 Å². The third kappa shape index (κ3) is 4.70. The number of likely N-dealkylation sites (tertiary alicyclic amines) is 1. The zero-order chi connectivity index (χ0) is 23.5. The molecule has 1 aromatic carbocycles. The number of benzene rings is 1. The van der Waals surface area contributed by atoms with Gasteiger partial charge in [-0.25, -0.2) is 9.37 Å². The summed E-state index contributed by atoms with van der Waals surface area (Å²) in [4.78, 5) is 19.9. The van der Waals surface area contributed by atoms with E-state index in [4.69, 9.17) is 10.5 Å². The van der Waals surface area contributed by atoms with Crippen molar-refractivity contribution in [3.05, 3.63) is 59.7 Å². The SMILES string of the molecule is CCOc1nc(N)c2nc(-c3cncc(F)c3)n(Cc3ccc(CN4CCCCC4)cc3)c2n1. The van der Waals surface area contributed by atoms with E-state index >= 15 is 0 Å². The van der Waals surface area contributed by atoms with Gasteiger partial charge in [-0.1, -0.05) is 30.7 Å². The quantitative estimate of drug-likeness (QED) is 0.444. The van der Waals surface area contributed by atoms with E-state index in [1.54, 1.807) is 6.20 Å². The minimum Gasteiger partial charge on any atom is -0.464 e. The van der Waals surface area contributed by atoms with Crippen LogP contribution in [-0.4, -0.2) is 49.1 Å². The molecule has 176 valence electrons. The lowest BCUT2D eigenvalue weighted by Crippen LogP contribution is -2.29. The highest BCUT2D eigenvalue weighted by atomic mass is 19.1. The number of piperidine rings is 1. The van der Waals surface area contributed by atoms with Crippen LogP contribution in [0.3, 0.4) is 0 Å². The Morgan fingerprint density at radius 3 is 2.41 bits per heavy atom. The van der Waals surface area contributed by atoms with Crippen LogP contribution in [-0.2, 0) is 13.1 Å². The third-order valence-electron chi connectivity index (χ3n) is 6.06. The van der Waals surface area contributed by atoms with Gasteiger partial charge in [-0.3, -0.25) is 9.88 Å². The number of hydrogen-bond donors (Lipinski definition) is 1. The molecule has 8 nitrogen and oxygen atoms in total. The summed E-state index contributed by atoms with van der Waals surface area (Å²) >= 11 is 0. The van der Waals surface area contributed by atoms with E-state index in [1.807, 2.05) is 11.5 Å². The minimum atomic E-state index is -0.438. The van der Waals surface area contributed by atoms with E-state index in [0.717, 1.165) is 25.2 Å². The molecule has 0 unspecified atom stereocenters. The van der Waals surface area contributed by atoms with Crippen LogP contribution in [0, 0.1) is 5.82 Å². The Bertz CT molecular complexity index is 1280. The number of nitrogens with two attached hydrogens (primary N) is 1. The van der Waals surface area contributed by atoms with Crippen LogP contribution >= 0.6 is 0 Å². The molecule has 3 aromatic heterocycles. The van der Waals surface area contributed by atoms with E-state index in [0.29, 0.717) is 35.7 Å². The maximum Gasteiger partial charge on any atom is 0.320 e. The van der Waals surface area contributed by atoms with Crippen molar-refractivity contribution in [1.29, 1.82) is 0 Å². The van der Waals surface area contributed by atoms with E-state index < -0.39 is 5.82 Å². The van der Waals surface area contributed by atoms with Gasteiger partial charge in [0.05, 0.1) is 19.3 Å². The van der Waals surface area contributed by atoms with Gasteiger partial charge < -0.3 is 15.0 Å². The van der Waals surface area contributed by atoms with Crippen molar-refractivity contribution in [3.63, 3.8) is 0 Å². The van der Waals surface area contributed by atoms with Crippen molar-refractivity contribution in [2.24, 2.45) is 0 Å². The van der Waals surface area contributed by atoms with Gasteiger partial charge >= 0.3 is 6.01 Å². The molecule has 1 aliphatic heterocycles. The molecule has 1 fully saturated rings. The van der Waals surface area contributed by atoms with Crippen LogP contribution in [0.15, 0.2) is 42.7 Å². The van der Waals surface area contributed by atoms with E-state index in [2.05, 4.69) is 49.1 Å². The van der Waals surface area contributed by atoms with Gasteiger partial charge in [0.2, 0.25) is 0 Å². The lowest BCUT2D eigenvalue weighted by Gasteiger charge is -2.26. The molecule has 4 heterocycles. The summed E-state index contributed by atoms with van der Waals surface area (Å²) in [6.07, 6.45) is 6.63. The summed E-state index contributed by atoms with van der Waals surface area (Å²) in [7, 11) is 0. The van der Waals surface area contributed by atoms with Crippen molar-refractivity contribution in [2.75, 3.05) is 25.4 Å². The number of fused-ring (bicyclic) bond motifs is 1. The molecule has 0 amide bonds. The number of rotatable bonds is 7. The summed E-state index contributed by atoms with van der Waals surface area (Å²) in [6.45, 7) is 6.05. The number of anilines is 1. The fourth-order valence-electron chi connectivity index (χ4n) is 4.41. The molecule has 5 rings (SSSR count). The first-order valence-corrected chi connectivity index (χ1v) is 11.7. The summed E-state index contributed by atoms with van der Waals surface area (Å²) in [5.74, 6) is 0.302. The monoisotopic (exact) mass is 461 g/mol. The Morgan fingerprint density at radius 2 is 1.71 bits per heavy atom. The molecule has 34 heavy (non-hydrogen) atoms. The predicted octanol–water partition coefficient (Wildman–Crippen LogP) is 4.04. The van der Waals surface area contributed by atoms with Crippen LogP contribution in [0.5, 0.6) is 6.01 Å². The van der Waals surface area contributed by atoms with Crippen LogP contribution in [0.25, 0.3) is 22.6 Å². The summed E-state index contributed by atoms with van der Waals surface area (Å²) in [5, 5.41) is 0. The second-order valence-electron chi connectivity index (χ2n) is 8.56. The Balaban J connectivity index is 1.51. The first kappa shape index (κ1) is 22.2. The molecule has 0 saturated carbocycles. The Kier molecular flexibility index (Phi) is 6.35. The van der Waals surface area contributed by atoms with Gasteiger partial charge in [0, 0.05) is 18.3 Å². The number of nitrogen functional groups attached to an aromatic ring is 1. The molecular weight excluding hydrogens is 433 g/mol. The molecule has 1 saturated heterocycles. The zero-order valence-corrected chi connectivity index (χ0v) is 19.2. The molecular formula is C25H28FN7O. The minimum absolute atomic E-state index is 0.189. The highest BCUT2D eigenvalue weighted by Crippen LogP contribution is 2.28. The maximum atomic E-state index is 14.0.